The van der Waals surface area contributed by atoms with Crippen LogP contribution < -0.4 is 5.32 Å². The second-order valence-electron chi connectivity index (χ2n) is 5.91. The summed E-state index contributed by atoms with van der Waals surface area (Å²) >= 11 is 0. The lowest BCUT2D eigenvalue weighted by Crippen LogP contribution is -2.69. The molecule has 0 bridgehead atoms. The predicted molar refractivity (Wildman–Crippen MR) is 86.3 cm³/mol. The van der Waals surface area contributed by atoms with Crippen LogP contribution in [0.2, 0.25) is 0 Å². The minimum Gasteiger partial charge on any atom is -0.376 e. The number of carbonyl (C=O) groups excluding carboxylic acids is 2. The van der Waals surface area contributed by atoms with Gasteiger partial charge in [0, 0.05) is 6.42 Å². The maximum atomic E-state index is 13.4. The second-order valence-corrected chi connectivity index (χ2v) is 8.05. The van der Waals surface area contributed by atoms with Gasteiger partial charge in [-0.05, 0) is 12.1 Å². The highest BCUT2D eigenvalue weighted by Gasteiger charge is 2.79. The fourth-order valence-electron chi connectivity index (χ4n) is 2.73. The summed E-state index contributed by atoms with van der Waals surface area (Å²) in [6.45, 7) is 0.496. The molecular weight excluding hydrogens is 400 g/mol. The van der Waals surface area contributed by atoms with Gasteiger partial charge in [-0.15, -0.1) is 0 Å². The number of carbonyl (C=O) groups is 2. The van der Waals surface area contributed by atoms with Crippen LogP contribution in [0.3, 0.4) is 0 Å². The molecule has 0 radical (unpaired) electrons. The number of alkyl halides is 6. The number of benzene rings is 1. The number of Topliss-reactive ketones (excluding diaryl/α,β-unsaturated/α-hetero) is 1. The molecule has 11 heteroatoms. The van der Waals surface area contributed by atoms with Gasteiger partial charge in [0.25, 0.3) is 0 Å². The van der Waals surface area contributed by atoms with E-state index in [0.29, 0.717) is 0 Å². The number of hydrogen-bond donors (Lipinski definition) is 2. The van der Waals surface area contributed by atoms with Gasteiger partial charge in [-0.1, -0.05) is 19.1 Å². The van der Waals surface area contributed by atoms with Crippen LogP contribution in [0.25, 0.3) is 0 Å². The molecule has 2 unspecified atom stereocenters. The molecule has 27 heavy (non-hydrogen) atoms. The molecule has 1 aromatic carbocycles. The van der Waals surface area contributed by atoms with Gasteiger partial charge in [0.1, 0.15) is 23.1 Å². The summed E-state index contributed by atoms with van der Waals surface area (Å²) in [5.41, 5.74) is -4.91. The fourth-order valence-corrected chi connectivity index (χ4v) is 5.38. The minimum atomic E-state index is -6.07. The Bertz CT molecular complexity index is 720. The molecular formula is C16H16F6NO3S+. The first kappa shape index (κ1) is 21.5. The van der Waals surface area contributed by atoms with Crippen LogP contribution in [-0.4, -0.2) is 45.8 Å². The third kappa shape index (κ3) is 3.79. The molecule has 1 heterocycles. The summed E-state index contributed by atoms with van der Waals surface area (Å²) < 4.78 is 80.1. The third-order valence-corrected chi connectivity index (χ3v) is 6.74. The zero-order valence-electron chi connectivity index (χ0n) is 13.9. The second kappa shape index (κ2) is 7.34. The van der Waals surface area contributed by atoms with Crippen LogP contribution in [-0.2, 0) is 20.5 Å². The van der Waals surface area contributed by atoms with Crippen molar-refractivity contribution < 1.29 is 41.0 Å². The topological polar surface area (TPSA) is 66.4 Å². The van der Waals surface area contributed by atoms with Crippen molar-refractivity contribution in [2.45, 2.75) is 47.9 Å². The van der Waals surface area contributed by atoms with E-state index in [-0.39, 0.29) is 17.0 Å². The summed E-state index contributed by atoms with van der Waals surface area (Å²) in [5, 5.41) is 8.64. The van der Waals surface area contributed by atoms with Gasteiger partial charge in [0.15, 0.2) is 10.1 Å². The van der Waals surface area contributed by atoms with Gasteiger partial charge in [0.2, 0.25) is 0 Å². The highest BCUT2D eigenvalue weighted by atomic mass is 32.2. The Labute approximate surface area is 153 Å². The molecule has 0 amide bonds. The summed E-state index contributed by atoms with van der Waals surface area (Å²) in [5.74, 6) is -0.607. The lowest BCUT2D eigenvalue weighted by atomic mass is 9.97. The average Bonchev–Trinajstić information content (AvgIpc) is 2.57. The van der Waals surface area contributed by atoms with Gasteiger partial charge in [-0.3, -0.25) is 4.79 Å². The van der Waals surface area contributed by atoms with Crippen molar-refractivity contribution in [3.8, 4) is 0 Å². The summed E-state index contributed by atoms with van der Waals surface area (Å²) in [6.07, 6.45) is -13.0. The number of halogens is 6. The van der Waals surface area contributed by atoms with E-state index in [1.165, 1.54) is 31.2 Å². The Morgan fingerprint density at radius 2 is 1.70 bits per heavy atom. The standard InChI is InChI=1S/C16H16F6NO3S/c1-2-9(24)7-13(25)27-11-6-4-3-5-10(11)23-8-12(27)14(26,15(17,18)19)16(20,21)22/h3-6,12,23,26H,2,7-8H2,1H3/q+1. The molecule has 0 aromatic heterocycles. The fraction of sp³-hybridized carbons (Fsp3) is 0.500. The van der Waals surface area contributed by atoms with E-state index in [9.17, 15) is 41.0 Å². The van der Waals surface area contributed by atoms with E-state index >= 15 is 0 Å². The number of hydrogen-bond acceptors (Lipinski definition) is 4. The van der Waals surface area contributed by atoms with Gasteiger partial charge in [0.05, 0.1) is 12.2 Å². The molecule has 1 aliphatic rings. The smallest absolute Gasteiger partial charge is 0.376 e. The van der Waals surface area contributed by atoms with E-state index < -0.39 is 58.0 Å². The molecule has 2 atom stereocenters. The van der Waals surface area contributed by atoms with Crippen LogP contribution in [0.1, 0.15) is 19.8 Å². The molecule has 1 aromatic rings. The van der Waals surface area contributed by atoms with E-state index in [1.54, 1.807) is 0 Å². The zero-order chi connectivity index (χ0) is 20.6. The normalized spacial score (nSPS) is 20.6. The molecule has 0 aliphatic carbocycles. The van der Waals surface area contributed by atoms with Gasteiger partial charge >= 0.3 is 23.1 Å². The molecule has 0 spiro atoms. The number of nitrogens with one attached hydrogen (secondary N) is 1. The number of fused-ring (bicyclic) bond motifs is 1. The largest absolute Gasteiger partial charge is 0.431 e. The SMILES string of the molecule is CCC(=O)CC(=O)[S+]1c2ccccc2NCC1C(O)(C(F)(F)F)C(F)(F)F. The molecule has 2 N–H and O–H groups in total. The number of ketones is 1. The lowest BCUT2D eigenvalue weighted by Gasteiger charge is -2.38. The van der Waals surface area contributed by atoms with Gasteiger partial charge < -0.3 is 10.4 Å². The van der Waals surface area contributed by atoms with Crippen LogP contribution >= 0.6 is 0 Å². The molecule has 2 rings (SSSR count). The number of para-hydroxylation sites is 1. The zero-order valence-corrected chi connectivity index (χ0v) is 14.8. The Balaban J connectivity index is 2.63. The highest BCUT2D eigenvalue weighted by Crippen LogP contribution is 2.50. The van der Waals surface area contributed by atoms with Crippen molar-refractivity contribution in [3.05, 3.63) is 24.3 Å². The van der Waals surface area contributed by atoms with Crippen molar-refractivity contribution in [3.63, 3.8) is 0 Å². The minimum absolute atomic E-state index is 0.0870. The van der Waals surface area contributed by atoms with Crippen molar-refractivity contribution in [1.82, 2.24) is 0 Å². The van der Waals surface area contributed by atoms with E-state index in [2.05, 4.69) is 5.32 Å². The Morgan fingerprint density at radius 3 is 2.22 bits per heavy atom. The first-order chi connectivity index (χ1) is 12.3. The molecule has 1 aliphatic heterocycles. The number of aliphatic hydroxyl groups is 1. The van der Waals surface area contributed by atoms with Gasteiger partial charge in [-0.2, -0.15) is 26.3 Å². The van der Waals surface area contributed by atoms with Crippen molar-refractivity contribution in [2.24, 2.45) is 0 Å². The number of anilines is 1. The Kier molecular flexibility index (Phi) is 5.86. The molecule has 150 valence electrons. The van der Waals surface area contributed by atoms with E-state index in [4.69, 9.17) is 0 Å². The first-order valence-electron chi connectivity index (χ1n) is 7.81. The average molecular weight is 416 g/mol. The van der Waals surface area contributed by atoms with Crippen molar-refractivity contribution in [2.75, 3.05) is 11.9 Å². The van der Waals surface area contributed by atoms with Crippen molar-refractivity contribution in [1.29, 1.82) is 0 Å². The van der Waals surface area contributed by atoms with Crippen LogP contribution in [0.5, 0.6) is 0 Å². The molecule has 0 fully saturated rings. The summed E-state index contributed by atoms with van der Waals surface area (Å²) in [6, 6.07) is 5.48. The number of rotatable bonds is 4. The van der Waals surface area contributed by atoms with E-state index in [1.807, 2.05) is 0 Å². The van der Waals surface area contributed by atoms with Crippen molar-refractivity contribution >= 4 is 27.5 Å². The summed E-state index contributed by atoms with van der Waals surface area (Å²) in [7, 11) is -2.30. The Hall–Kier alpha value is -1.75. The predicted octanol–water partition coefficient (Wildman–Crippen LogP) is 3.21. The monoisotopic (exact) mass is 416 g/mol. The molecule has 0 saturated carbocycles. The van der Waals surface area contributed by atoms with E-state index in [0.717, 1.165) is 0 Å². The summed E-state index contributed by atoms with van der Waals surface area (Å²) in [4.78, 5) is 24.1. The maximum absolute atomic E-state index is 13.4. The highest BCUT2D eigenvalue weighted by molar-refractivity contribution is 8.11. The van der Waals surface area contributed by atoms with Crippen LogP contribution in [0.15, 0.2) is 29.2 Å². The quantitative estimate of drug-likeness (QED) is 0.450. The van der Waals surface area contributed by atoms with Crippen LogP contribution in [0.4, 0.5) is 32.0 Å². The maximum Gasteiger partial charge on any atom is 0.431 e. The lowest BCUT2D eigenvalue weighted by molar-refractivity contribution is -0.366. The Morgan fingerprint density at radius 1 is 1.15 bits per heavy atom. The molecule has 0 saturated heterocycles. The third-order valence-electron chi connectivity index (χ3n) is 4.20. The van der Waals surface area contributed by atoms with Crippen LogP contribution in [0, 0.1) is 0 Å². The first-order valence-corrected chi connectivity index (χ1v) is 9.09. The van der Waals surface area contributed by atoms with Gasteiger partial charge in [-0.25, -0.2) is 4.79 Å². The molecule has 4 nitrogen and oxygen atoms in total.